The largest absolute Gasteiger partial charge is 0.497 e. The van der Waals surface area contributed by atoms with Gasteiger partial charge in [0.1, 0.15) is 11.5 Å². The molecule has 0 aliphatic carbocycles. The van der Waals surface area contributed by atoms with Gasteiger partial charge in [0, 0.05) is 18.2 Å². The first-order chi connectivity index (χ1) is 6.30. The Morgan fingerprint density at radius 1 is 1.15 bits per heavy atom. The Hall–Kier alpha value is -1.38. The number of methoxy groups -OCH3 is 2. The Balaban J connectivity index is 3.14. The second-order valence-corrected chi connectivity index (χ2v) is 2.46. The summed E-state index contributed by atoms with van der Waals surface area (Å²) in [5, 5.41) is 2.28. The molecule has 4 heteroatoms. The monoisotopic (exact) mass is 195 g/mol. The van der Waals surface area contributed by atoms with Gasteiger partial charge in [-0.3, -0.25) is 0 Å². The molecule has 0 spiro atoms. The van der Waals surface area contributed by atoms with Gasteiger partial charge in [0.05, 0.1) is 25.1 Å². The number of isothiocyanates is 1. The quantitative estimate of drug-likeness (QED) is 0.548. The third-order valence-electron chi connectivity index (χ3n) is 1.51. The zero-order chi connectivity index (χ0) is 9.68. The molecule has 0 aliphatic heterocycles. The first-order valence-electron chi connectivity index (χ1n) is 3.61. The maximum absolute atomic E-state index is 5.04. The molecule has 0 aromatic heterocycles. The molecule has 0 aliphatic rings. The molecule has 0 atom stereocenters. The fraction of sp³-hybridized carbons (Fsp3) is 0.222. The van der Waals surface area contributed by atoms with E-state index in [0.29, 0.717) is 17.2 Å². The maximum Gasteiger partial charge on any atom is 0.124 e. The van der Waals surface area contributed by atoms with Crippen molar-refractivity contribution in [1.82, 2.24) is 0 Å². The highest BCUT2D eigenvalue weighted by Gasteiger charge is 1.99. The lowest BCUT2D eigenvalue weighted by Crippen LogP contribution is -1.86. The summed E-state index contributed by atoms with van der Waals surface area (Å²) in [5.74, 6) is 1.37. The molecule has 0 saturated heterocycles. The highest BCUT2D eigenvalue weighted by molar-refractivity contribution is 7.78. The number of rotatable bonds is 3. The fourth-order valence-corrected chi connectivity index (χ4v) is 1.02. The summed E-state index contributed by atoms with van der Waals surface area (Å²) in [7, 11) is 3.17. The van der Waals surface area contributed by atoms with E-state index < -0.39 is 0 Å². The number of thiocarbonyl (C=S) groups is 1. The van der Waals surface area contributed by atoms with Gasteiger partial charge in [-0.15, -0.1) is 0 Å². The molecular formula is C9H9NO2S. The minimum atomic E-state index is 0.672. The van der Waals surface area contributed by atoms with Crippen molar-refractivity contribution in [3.63, 3.8) is 0 Å². The molecule has 0 radical (unpaired) electrons. The van der Waals surface area contributed by atoms with Crippen LogP contribution in [0.15, 0.2) is 23.2 Å². The third kappa shape index (κ3) is 2.54. The number of hydrogen-bond donors (Lipinski definition) is 0. The molecule has 0 heterocycles. The van der Waals surface area contributed by atoms with Gasteiger partial charge in [0.15, 0.2) is 0 Å². The number of hydrogen-bond acceptors (Lipinski definition) is 4. The molecule has 0 unspecified atom stereocenters. The minimum absolute atomic E-state index is 0.672. The molecule has 0 amide bonds. The van der Waals surface area contributed by atoms with Crippen molar-refractivity contribution in [3.8, 4) is 11.5 Å². The number of nitrogens with zero attached hydrogens (tertiary/aromatic N) is 1. The van der Waals surface area contributed by atoms with Crippen LogP contribution >= 0.6 is 12.2 Å². The summed E-state index contributed by atoms with van der Waals surface area (Å²) in [6.45, 7) is 0. The number of ether oxygens (including phenoxy) is 2. The second-order valence-electron chi connectivity index (χ2n) is 2.27. The summed E-state index contributed by atoms with van der Waals surface area (Å²) >= 11 is 4.49. The lowest BCUT2D eigenvalue weighted by Gasteiger charge is -2.04. The van der Waals surface area contributed by atoms with Crippen molar-refractivity contribution in [2.24, 2.45) is 4.99 Å². The first-order valence-corrected chi connectivity index (χ1v) is 4.02. The van der Waals surface area contributed by atoms with Crippen molar-refractivity contribution >= 4 is 23.1 Å². The topological polar surface area (TPSA) is 30.8 Å². The molecule has 68 valence electrons. The predicted octanol–water partition coefficient (Wildman–Crippen LogP) is 2.44. The zero-order valence-electron chi connectivity index (χ0n) is 7.40. The molecule has 0 fully saturated rings. The molecule has 3 nitrogen and oxygen atoms in total. The van der Waals surface area contributed by atoms with Crippen LogP contribution in [-0.4, -0.2) is 19.4 Å². The fourth-order valence-electron chi connectivity index (χ4n) is 0.910. The Bertz CT molecular complexity index is 323. The third-order valence-corrected chi connectivity index (χ3v) is 1.60. The van der Waals surface area contributed by atoms with Gasteiger partial charge in [0.2, 0.25) is 0 Å². The van der Waals surface area contributed by atoms with Crippen LogP contribution in [0.5, 0.6) is 11.5 Å². The van der Waals surface area contributed by atoms with Crippen molar-refractivity contribution in [1.29, 1.82) is 0 Å². The molecule has 0 saturated carbocycles. The zero-order valence-corrected chi connectivity index (χ0v) is 8.22. The van der Waals surface area contributed by atoms with E-state index >= 15 is 0 Å². The van der Waals surface area contributed by atoms with Gasteiger partial charge in [-0.1, -0.05) is 0 Å². The van der Waals surface area contributed by atoms with Crippen LogP contribution in [0.4, 0.5) is 5.69 Å². The normalized spacial score (nSPS) is 8.77. The molecule has 1 aromatic rings. The van der Waals surface area contributed by atoms with Crippen LogP contribution in [-0.2, 0) is 0 Å². The van der Waals surface area contributed by atoms with Gasteiger partial charge in [0.25, 0.3) is 0 Å². The highest BCUT2D eigenvalue weighted by Crippen LogP contribution is 2.27. The smallest absolute Gasteiger partial charge is 0.124 e. The van der Waals surface area contributed by atoms with Crippen molar-refractivity contribution < 1.29 is 9.47 Å². The SMILES string of the molecule is COc1cc(N=C=S)cc(OC)c1. The highest BCUT2D eigenvalue weighted by atomic mass is 32.1. The van der Waals surface area contributed by atoms with Crippen molar-refractivity contribution in [2.75, 3.05) is 14.2 Å². The minimum Gasteiger partial charge on any atom is -0.497 e. The Kier molecular flexibility index (Phi) is 3.43. The molecule has 13 heavy (non-hydrogen) atoms. The second kappa shape index (κ2) is 4.60. The van der Waals surface area contributed by atoms with E-state index in [4.69, 9.17) is 9.47 Å². The number of aliphatic imine (C=N–C) groups is 1. The Morgan fingerprint density at radius 2 is 1.69 bits per heavy atom. The van der Waals surface area contributed by atoms with Gasteiger partial charge >= 0.3 is 0 Å². The molecule has 0 N–H and O–H groups in total. The van der Waals surface area contributed by atoms with E-state index in [1.54, 1.807) is 32.4 Å². The van der Waals surface area contributed by atoms with E-state index in [1.165, 1.54) is 0 Å². The predicted molar refractivity (Wildman–Crippen MR) is 54.2 cm³/mol. The average molecular weight is 195 g/mol. The molecule has 1 rings (SSSR count). The van der Waals surface area contributed by atoms with E-state index in [9.17, 15) is 0 Å². The van der Waals surface area contributed by atoms with Crippen LogP contribution in [0.1, 0.15) is 0 Å². The van der Waals surface area contributed by atoms with Crippen LogP contribution < -0.4 is 9.47 Å². The van der Waals surface area contributed by atoms with Crippen LogP contribution in [0.3, 0.4) is 0 Å². The van der Waals surface area contributed by atoms with Gasteiger partial charge < -0.3 is 9.47 Å². The summed E-state index contributed by atoms with van der Waals surface area (Å²) in [5.41, 5.74) is 0.672. The van der Waals surface area contributed by atoms with Gasteiger partial charge in [-0.05, 0) is 12.2 Å². The Labute approximate surface area is 82.0 Å². The molecule has 1 aromatic carbocycles. The van der Waals surface area contributed by atoms with E-state index in [1.807, 2.05) is 0 Å². The summed E-state index contributed by atoms with van der Waals surface area (Å²) < 4.78 is 10.1. The van der Waals surface area contributed by atoms with E-state index in [2.05, 4.69) is 22.4 Å². The maximum atomic E-state index is 5.04. The standard InChI is InChI=1S/C9H9NO2S/c1-11-8-3-7(10-6-13)4-9(5-8)12-2/h3-5H,1-2H3. The Morgan fingerprint density at radius 3 is 2.08 bits per heavy atom. The summed E-state index contributed by atoms with van der Waals surface area (Å²) in [6.07, 6.45) is 0. The number of benzene rings is 1. The van der Waals surface area contributed by atoms with Crippen LogP contribution in [0.2, 0.25) is 0 Å². The first kappa shape index (κ1) is 9.71. The summed E-state index contributed by atoms with van der Waals surface area (Å²) in [6, 6.07) is 5.27. The lowest BCUT2D eigenvalue weighted by atomic mass is 10.3. The summed E-state index contributed by atoms with van der Waals surface area (Å²) in [4.78, 5) is 3.83. The molecular weight excluding hydrogens is 186 g/mol. The van der Waals surface area contributed by atoms with Crippen LogP contribution in [0.25, 0.3) is 0 Å². The van der Waals surface area contributed by atoms with Gasteiger partial charge in [-0.2, -0.15) is 4.99 Å². The van der Waals surface area contributed by atoms with Crippen LogP contribution in [0, 0.1) is 0 Å². The van der Waals surface area contributed by atoms with Gasteiger partial charge in [-0.25, -0.2) is 0 Å². The average Bonchev–Trinajstić information content (AvgIpc) is 2.17. The van der Waals surface area contributed by atoms with Crippen molar-refractivity contribution in [3.05, 3.63) is 18.2 Å². The van der Waals surface area contributed by atoms with E-state index in [0.717, 1.165) is 0 Å². The molecule has 0 bridgehead atoms. The van der Waals surface area contributed by atoms with E-state index in [-0.39, 0.29) is 0 Å². The van der Waals surface area contributed by atoms with Crippen molar-refractivity contribution in [2.45, 2.75) is 0 Å². The lowest BCUT2D eigenvalue weighted by molar-refractivity contribution is 0.394.